The molecule has 1 aliphatic heterocycles. The number of ether oxygens (including phenoxy) is 1. The van der Waals surface area contributed by atoms with Crippen LogP contribution in [0.3, 0.4) is 0 Å². The molecule has 2 N–H and O–H groups in total. The normalized spacial score (nSPS) is 25.6. The zero-order chi connectivity index (χ0) is 8.97. The molecular weight excluding hydrogens is 156 g/mol. The second kappa shape index (κ2) is 4.42. The van der Waals surface area contributed by atoms with E-state index in [1.165, 1.54) is 0 Å². The molecule has 1 heterocycles. The molecule has 1 atom stereocenters. The number of hydrogen-bond donors (Lipinski definition) is 1. The van der Waals surface area contributed by atoms with Crippen LogP contribution in [-0.4, -0.2) is 43.2 Å². The molecule has 1 aliphatic rings. The number of morpholine rings is 1. The van der Waals surface area contributed by atoms with Crippen LogP contribution in [0.25, 0.3) is 0 Å². The Morgan fingerprint density at radius 2 is 2.50 bits per heavy atom. The molecule has 1 rings (SSSR count). The highest BCUT2D eigenvalue weighted by Gasteiger charge is 2.16. The molecule has 0 aromatic rings. The minimum Gasteiger partial charge on any atom is -0.376 e. The fraction of sp³-hybridized carbons (Fsp3) is 0.875. The van der Waals surface area contributed by atoms with Gasteiger partial charge in [-0.1, -0.05) is 0 Å². The molecular formula is C8H16N2O2. The molecule has 0 radical (unpaired) electrons. The average Bonchev–Trinajstić information content (AvgIpc) is 2.01. The van der Waals surface area contributed by atoms with Crippen molar-refractivity contribution in [2.45, 2.75) is 19.4 Å². The van der Waals surface area contributed by atoms with E-state index < -0.39 is 0 Å². The zero-order valence-corrected chi connectivity index (χ0v) is 7.45. The number of nitrogens with zero attached hydrogens (tertiary/aromatic N) is 1. The van der Waals surface area contributed by atoms with E-state index in [4.69, 9.17) is 10.5 Å². The summed E-state index contributed by atoms with van der Waals surface area (Å²) >= 11 is 0. The first-order valence-electron chi connectivity index (χ1n) is 4.31. The highest BCUT2D eigenvalue weighted by molar-refractivity contribution is 5.73. The first-order chi connectivity index (χ1) is 5.68. The number of rotatable bonds is 3. The number of primary amides is 1. The molecule has 0 aromatic carbocycles. The van der Waals surface area contributed by atoms with Gasteiger partial charge in [0.05, 0.1) is 12.7 Å². The molecule has 0 aromatic heterocycles. The second-order valence-corrected chi connectivity index (χ2v) is 3.20. The Kier molecular flexibility index (Phi) is 3.49. The maximum atomic E-state index is 10.5. The number of carbonyl (C=O) groups is 1. The Morgan fingerprint density at radius 1 is 1.75 bits per heavy atom. The zero-order valence-electron chi connectivity index (χ0n) is 7.45. The summed E-state index contributed by atoms with van der Waals surface area (Å²) in [5.41, 5.74) is 5.05. The Hall–Kier alpha value is -0.610. The van der Waals surface area contributed by atoms with Crippen LogP contribution in [0.5, 0.6) is 0 Å². The minimum absolute atomic E-state index is 0.228. The van der Waals surface area contributed by atoms with Gasteiger partial charge in [-0.15, -0.1) is 0 Å². The summed E-state index contributed by atoms with van der Waals surface area (Å²) in [6.45, 7) is 5.39. The van der Waals surface area contributed by atoms with Gasteiger partial charge in [-0.3, -0.25) is 9.69 Å². The van der Waals surface area contributed by atoms with Crippen LogP contribution in [0.4, 0.5) is 0 Å². The third-order valence-corrected chi connectivity index (χ3v) is 2.00. The van der Waals surface area contributed by atoms with Gasteiger partial charge in [0.1, 0.15) is 0 Å². The van der Waals surface area contributed by atoms with Crippen LogP contribution in [0.2, 0.25) is 0 Å². The molecule has 1 amide bonds. The van der Waals surface area contributed by atoms with Gasteiger partial charge >= 0.3 is 0 Å². The fourth-order valence-corrected chi connectivity index (χ4v) is 1.36. The van der Waals surface area contributed by atoms with Crippen LogP contribution in [0, 0.1) is 0 Å². The first-order valence-corrected chi connectivity index (χ1v) is 4.31. The van der Waals surface area contributed by atoms with Gasteiger partial charge in [0.25, 0.3) is 0 Å². The van der Waals surface area contributed by atoms with Crippen molar-refractivity contribution >= 4 is 5.91 Å². The lowest BCUT2D eigenvalue weighted by Crippen LogP contribution is -2.42. The van der Waals surface area contributed by atoms with Gasteiger partial charge in [-0.05, 0) is 6.92 Å². The van der Waals surface area contributed by atoms with E-state index in [9.17, 15) is 4.79 Å². The third kappa shape index (κ3) is 3.19. The molecule has 70 valence electrons. The number of hydrogen-bond acceptors (Lipinski definition) is 3. The average molecular weight is 172 g/mol. The molecule has 0 saturated carbocycles. The predicted molar refractivity (Wildman–Crippen MR) is 45.7 cm³/mol. The van der Waals surface area contributed by atoms with Crippen molar-refractivity contribution in [1.29, 1.82) is 0 Å². The molecule has 0 aliphatic carbocycles. The van der Waals surface area contributed by atoms with E-state index in [2.05, 4.69) is 4.90 Å². The maximum Gasteiger partial charge on any atom is 0.218 e. The summed E-state index contributed by atoms with van der Waals surface area (Å²) in [6, 6.07) is 0. The second-order valence-electron chi connectivity index (χ2n) is 3.20. The lowest BCUT2D eigenvalue weighted by atomic mass is 10.3. The van der Waals surface area contributed by atoms with Gasteiger partial charge in [0, 0.05) is 26.1 Å². The summed E-state index contributed by atoms with van der Waals surface area (Å²) in [5.74, 6) is -0.228. The van der Waals surface area contributed by atoms with Crippen LogP contribution in [0.15, 0.2) is 0 Å². The smallest absolute Gasteiger partial charge is 0.218 e. The summed E-state index contributed by atoms with van der Waals surface area (Å²) in [7, 11) is 0. The van der Waals surface area contributed by atoms with Crippen molar-refractivity contribution in [3.05, 3.63) is 0 Å². The predicted octanol–water partition coefficient (Wildman–Crippen LogP) is -0.417. The lowest BCUT2D eigenvalue weighted by Gasteiger charge is -2.30. The van der Waals surface area contributed by atoms with Crippen molar-refractivity contribution < 1.29 is 9.53 Å². The largest absolute Gasteiger partial charge is 0.376 e. The topological polar surface area (TPSA) is 55.6 Å². The van der Waals surface area contributed by atoms with E-state index in [1.807, 2.05) is 6.92 Å². The van der Waals surface area contributed by atoms with Crippen LogP contribution >= 0.6 is 0 Å². The molecule has 0 bridgehead atoms. The van der Waals surface area contributed by atoms with Crippen molar-refractivity contribution in [2.75, 3.05) is 26.2 Å². The lowest BCUT2D eigenvalue weighted by molar-refractivity contribution is -0.118. The third-order valence-electron chi connectivity index (χ3n) is 2.00. The van der Waals surface area contributed by atoms with Gasteiger partial charge in [0.2, 0.25) is 5.91 Å². The Balaban J connectivity index is 2.18. The van der Waals surface area contributed by atoms with E-state index in [0.717, 1.165) is 26.2 Å². The molecule has 1 unspecified atom stereocenters. The van der Waals surface area contributed by atoms with E-state index in [1.54, 1.807) is 0 Å². The summed E-state index contributed by atoms with van der Waals surface area (Å²) < 4.78 is 5.36. The van der Waals surface area contributed by atoms with E-state index >= 15 is 0 Å². The molecule has 0 spiro atoms. The number of carbonyl (C=O) groups excluding carboxylic acids is 1. The van der Waals surface area contributed by atoms with Crippen molar-refractivity contribution in [2.24, 2.45) is 5.73 Å². The van der Waals surface area contributed by atoms with Crippen LogP contribution < -0.4 is 5.73 Å². The quantitative estimate of drug-likeness (QED) is 0.629. The Bertz CT molecular complexity index is 161. The van der Waals surface area contributed by atoms with Crippen molar-refractivity contribution in [3.63, 3.8) is 0 Å². The maximum absolute atomic E-state index is 10.5. The standard InChI is InChI=1S/C8H16N2O2/c1-7-6-10(4-5-12-7)3-2-8(9)11/h7H,2-6H2,1H3,(H2,9,11). The Morgan fingerprint density at radius 3 is 3.08 bits per heavy atom. The molecule has 4 heteroatoms. The first kappa shape index (κ1) is 9.48. The summed E-state index contributed by atoms with van der Waals surface area (Å²) in [5, 5.41) is 0. The highest BCUT2D eigenvalue weighted by Crippen LogP contribution is 2.04. The highest BCUT2D eigenvalue weighted by atomic mass is 16.5. The molecule has 1 fully saturated rings. The monoisotopic (exact) mass is 172 g/mol. The number of amides is 1. The molecule has 1 saturated heterocycles. The molecule has 4 nitrogen and oxygen atoms in total. The van der Waals surface area contributed by atoms with Gasteiger partial charge < -0.3 is 10.5 Å². The molecule has 12 heavy (non-hydrogen) atoms. The van der Waals surface area contributed by atoms with Crippen molar-refractivity contribution in [3.8, 4) is 0 Å². The van der Waals surface area contributed by atoms with Crippen molar-refractivity contribution in [1.82, 2.24) is 4.90 Å². The SMILES string of the molecule is CC1CN(CCC(N)=O)CCO1. The van der Waals surface area contributed by atoms with Gasteiger partial charge in [-0.2, -0.15) is 0 Å². The summed E-state index contributed by atoms with van der Waals surface area (Å²) in [4.78, 5) is 12.7. The minimum atomic E-state index is -0.228. The van der Waals surface area contributed by atoms with Crippen LogP contribution in [-0.2, 0) is 9.53 Å². The van der Waals surface area contributed by atoms with Gasteiger partial charge in [-0.25, -0.2) is 0 Å². The van der Waals surface area contributed by atoms with E-state index in [-0.39, 0.29) is 12.0 Å². The Labute approximate surface area is 72.7 Å². The van der Waals surface area contributed by atoms with Crippen LogP contribution in [0.1, 0.15) is 13.3 Å². The summed E-state index contributed by atoms with van der Waals surface area (Å²) in [6.07, 6.45) is 0.735. The van der Waals surface area contributed by atoms with Gasteiger partial charge in [0.15, 0.2) is 0 Å². The fourth-order valence-electron chi connectivity index (χ4n) is 1.36. The van der Waals surface area contributed by atoms with E-state index in [0.29, 0.717) is 6.42 Å². The number of nitrogens with two attached hydrogens (primary N) is 1.